The van der Waals surface area contributed by atoms with E-state index in [1.54, 1.807) is 28.7 Å². The molecule has 1 atom stereocenters. The van der Waals surface area contributed by atoms with Crippen LogP contribution in [0.25, 0.3) is 10.9 Å². The lowest BCUT2D eigenvalue weighted by Gasteiger charge is -2.32. The molecule has 1 unspecified atom stereocenters. The van der Waals surface area contributed by atoms with Crippen molar-refractivity contribution in [3.05, 3.63) is 36.5 Å². The SMILES string of the molecule is NCCC1CCCN(S(=O)(=O)c2cccc3ncccc23)C1. The fraction of sp³-hybridized carbons (Fsp3) is 0.438. The summed E-state index contributed by atoms with van der Waals surface area (Å²) in [5.74, 6) is 0.363. The van der Waals surface area contributed by atoms with E-state index in [4.69, 9.17) is 5.73 Å². The fourth-order valence-electron chi connectivity index (χ4n) is 3.16. The van der Waals surface area contributed by atoms with Gasteiger partial charge in [0.25, 0.3) is 0 Å². The highest BCUT2D eigenvalue weighted by atomic mass is 32.2. The van der Waals surface area contributed by atoms with E-state index in [1.165, 1.54) is 0 Å². The highest BCUT2D eigenvalue weighted by Crippen LogP contribution is 2.28. The molecule has 22 heavy (non-hydrogen) atoms. The van der Waals surface area contributed by atoms with Gasteiger partial charge >= 0.3 is 0 Å². The number of fused-ring (bicyclic) bond motifs is 1. The van der Waals surface area contributed by atoms with Crippen LogP contribution in [0.1, 0.15) is 19.3 Å². The van der Waals surface area contributed by atoms with Crippen molar-refractivity contribution in [3.63, 3.8) is 0 Å². The van der Waals surface area contributed by atoms with E-state index < -0.39 is 10.0 Å². The molecule has 118 valence electrons. The molecule has 2 heterocycles. The first-order valence-electron chi connectivity index (χ1n) is 7.67. The first-order chi connectivity index (χ1) is 10.6. The lowest BCUT2D eigenvalue weighted by atomic mass is 9.96. The normalized spacial score (nSPS) is 20.3. The van der Waals surface area contributed by atoms with Gasteiger partial charge in [0, 0.05) is 24.7 Å². The van der Waals surface area contributed by atoms with Gasteiger partial charge in [-0.05, 0) is 56.0 Å². The number of nitrogens with zero attached hydrogens (tertiary/aromatic N) is 2. The molecule has 1 saturated heterocycles. The van der Waals surface area contributed by atoms with Crippen molar-refractivity contribution < 1.29 is 8.42 Å². The fourth-order valence-corrected chi connectivity index (χ4v) is 4.91. The zero-order valence-electron chi connectivity index (χ0n) is 12.5. The number of hydrogen-bond acceptors (Lipinski definition) is 4. The number of pyridine rings is 1. The minimum atomic E-state index is -3.49. The number of hydrogen-bond donors (Lipinski definition) is 1. The standard InChI is InChI=1S/C16H21N3O2S/c17-9-8-13-4-3-11-19(12-13)22(20,21)16-7-1-6-15-14(16)5-2-10-18-15/h1-2,5-7,10,13H,3-4,8-9,11-12,17H2. The maximum atomic E-state index is 13.0. The first-order valence-corrected chi connectivity index (χ1v) is 9.11. The lowest BCUT2D eigenvalue weighted by molar-refractivity contribution is 0.258. The molecule has 1 aromatic heterocycles. The minimum absolute atomic E-state index is 0.353. The van der Waals surface area contributed by atoms with Crippen molar-refractivity contribution in [2.75, 3.05) is 19.6 Å². The Bertz CT molecular complexity index is 754. The highest BCUT2D eigenvalue weighted by molar-refractivity contribution is 7.89. The lowest BCUT2D eigenvalue weighted by Crippen LogP contribution is -2.40. The second kappa shape index (κ2) is 6.32. The number of aromatic nitrogens is 1. The molecule has 0 saturated carbocycles. The molecule has 1 aromatic carbocycles. The predicted octanol–water partition coefficient (Wildman–Crippen LogP) is 1.98. The van der Waals surface area contributed by atoms with Crippen LogP contribution in [0.5, 0.6) is 0 Å². The van der Waals surface area contributed by atoms with E-state index in [2.05, 4.69) is 4.98 Å². The second-order valence-electron chi connectivity index (χ2n) is 5.77. The summed E-state index contributed by atoms with van der Waals surface area (Å²) in [5, 5.41) is 0.686. The van der Waals surface area contributed by atoms with Gasteiger partial charge in [-0.3, -0.25) is 4.98 Å². The third-order valence-electron chi connectivity index (χ3n) is 4.28. The number of piperidine rings is 1. The Balaban J connectivity index is 1.98. The Morgan fingerprint density at radius 1 is 1.27 bits per heavy atom. The smallest absolute Gasteiger partial charge is 0.243 e. The number of benzene rings is 1. The van der Waals surface area contributed by atoms with Crippen LogP contribution in [-0.2, 0) is 10.0 Å². The van der Waals surface area contributed by atoms with E-state index in [1.807, 2.05) is 12.1 Å². The number of nitrogens with two attached hydrogens (primary N) is 1. The Morgan fingerprint density at radius 2 is 2.14 bits per heavy atom. The molecule has 0 spiro atoms. The van der Waals surface area contributed by atoms with Gasteiger partial charge in [0.2, 0.25) is 10.0 Å². The van der Waals surface area contributed by atoms with Crippen molar-refractivity contribution in [3.8, 4) is 0 Å². The van der Waals surface area contributed by atoms with Gasteiger partial charge in [-0.15, -0.1) is 0 Å². The van der Waals surface area contributed by atoms with Crippen molar-refractivity contribution in [1.29, 1.82) is 0 Å². The zero-order chi connectivity index (χ0) is 15.6. The Kier molecular flexibility index (Phi) is 4.42. The highest BCUT2D eigenvalue weighted by Gasteiger charge is 2.30. The molecule has 2 N–H and O–H groups in total. The quantitative estimate of drug-likeness (QED) is 0.935. The third kappa shape index (κ3) is 2.86. The molecular formula is C16H21N3O2S. The molecule has 1 fully saturated rings. The van der Waals surface area contributed by atoms with Gasteiger partial charge in [-0.2, -0.15) is 4.31 Å². The summed E-state index contributed by atoms with van der Waals surface area (Å²) in [5.41, 5.74) is 6.33. The molecule has 1 aliphatic rings. The van der Waals surface area contributed by atoms with E-state index in [9.17, 15) is 8.42 Å². The van der Waals surface area contributed by atoms with Gasteiger partial charge < -0.3 is 5.73 Å². The van der Waals surface area contributed by atoms with E-state index in [0.29, 0.717) is 41.4 Å². The average Bonchev–Trinajstić information content (AvgIpc) is 2.55. The summed E-state index contributed by atoms with van der Waals surface area (Å²) in [6.45, 7) is 1.76. The Labute approximate surface area is 131 Å². The first kappa shape index (κ1) is 15.4. The minimum Gasteiger partial charge on any atom is -0.330 e. The summed E-state index contributed by atoms with van der Waals surface area (Å²) >= 11 is 0. The molecule has 2 aromatic rings. The molecule has 3 rings (SSSR count). The van der Waals surface area contributed by atoms with Crippen LogP contribution in [-0.4, -0.2) is 37.3 Å². The summed E-state index contributed by atoms with van der Waals surface area (Å²) in [4.78, 5) is 4.60. The Morgan fingerprint density at radius 3 is 2.95 bits per heavy atom. The summed E-state index contributed by atoms with van der Waals surface area (Å²) in [6, 6.07) is 8.85. The van der Waals surface area contributed by atoms with Crippen LogP contribution in [0.4, 0.5) is 0 Å². The average molecular weight is 319 g/mol. The van der Waals surface area contributed by atoms with Crippen molar-refractivity contribution in [1.82, 2.24) is 9.29 Å². The number of sulfonamides is 1. The van der Waals surface area contributed by atoms with Gasteiger partial charge in [0.15, 0.2) is 0 Å². The van der Waals surface area contributed by atoms with Gasteiger partial charge in [-0.1, -0.05) is 6.07 Å². The van der Waals surface area contributed by atoms with Gasteiger partial charge in [-0.25, -0.2) is 8.42 Å². The van der Waals surface area contributed by atoms with Crippen LogP contribution >= 0.6 is 0 Å². The van der Waals surface area contributed by atoms with Crippen molar-refractivity contribution in [2.45, 2.75) is 24.2 Å². The monoisotopic (exact) mass is 319 g/mol. The second-order valence-corrected chi connectivity index (χ2v) is 7.68. The van der Waals surface area contributed by atoms with E-state index in [-0.39, 0.29) is 0 Å². The Hall–Kier alpha value is -1.50. The van der Waals surface area contributed by atoms with Crippen LogP contribution in [0, 0.1) is 5.92 Å². The van der Waals surface area contributed by atoms with Crippen molar-refractivity contribution in [2.24, 2.45) is 11.7 Å². The maximum Gasteiger partial charge on any atom is 0.243 e. The number of rotatable bonds is 4. The van der Waals surface area contributed by atoms with E-state index in [0.717, 1.165) is 19.3 Å². The molecule has 6 heteroatoms. The van der Waals surface area contributed by atoms with Gasteiger partial charge in [0.05, 0.1) is 10.4 Å². The van der Waals surface area contributed by atoms with Gasteiger partial charge in [0.1, 0.15) is 0 Å². The summed E-state index contributed by atoms with van der Waals surface area (Å²) in [7, 11) is -3.49. The van der Waals surface area contributed by atoms with Crippen LogP contribution in [0.3, 0.4) is 0 Å². The largest absolute Gasteiger partial charge is 0.330 e. The molecule has 5 nitrogen and oxygen atoms in total. The summed E-state index contributed by atoms with van der Waals surface area (Å²) < 4.78 is 27.6. The van der Waals surface area contributed by atoms with Crippen molar-refractivity contribution >= 4 is 20.9 Å². The molecule has 0 bridgehead atoms. The summed E-state index contributed by atoms with van der Waals surface area (Å²) in [6.07, 6.45) is 4.51. The molecular weight excluding hydrogens is 298 g/mol. The van der Waals surface area contributed by atoms with E-state index >= 15 is 0 Å². The van der Waals surface area contributed by atoms with Crippen LogP contribution < -0.4 is 5.73 Å². The molecule has 0 radical (unpaired) electrons. The topological polar surface area (TPSA) is 76.3 Å². The third-order valence-corrected chi connectivity index (χ3v) is 6.20. The molecule has 1 aliphatic heterocycles. The zero-order valence-corrected chi connectivity index (χ0v) is 13.3. The predicted molar refractivity (Wildman–Crippen MR) is 86.9 cm³/mol. The van der Waals surface area contributed by atoms with Crippen LogP contribution in [0.2, 0.25) is 0 Å². The maximum absolute atomic E-state index is 13.0. The van der Waals surface area contributed by atoms with Crippen LogP contribution in [0.15, 0.2) is 41.4 Å². The molecule has 0 aliphatic carbocycles. The molecule has 0 amide bonds.